The molecule has 10 heteroatoms. The summed E-state index contributed by atoms with van der Waals surface area (Å²) < 4.78 is 8.97. The van der Waals surface area contributed by atoms with Crippen LogP contribution in [0.5, 0.6) is 0 Å². The van der Waals surface area contributed by atoms with Crippen LogP contribution in [0.4, 0.5) is 5.95 Å². The molecule has 5 heterocycles. The predicted octanol–water partition coefficient (Wildman–Crippen LogP) is 1.74. The van der Waals surface area contributed by atoms with Gasteiger partial charge in [0.2, 0.25) is 5.95 Å². The standard InChI is InChI=1S/C22H30N8O2/c1-3-14(2)25-21(31)19-8-15(10-30-20(19)26-22(23)27-30)16-9-24-29(11-16)17-4-6-28(7-5-17)18-12-32-13-18/h8-11,14,17-18H,3-7,12-13H2,1-2H3,(H2,23,27)(H,25,31)/t14-/m0/s1. The number of amides is 1. The first-order valence-electron chi connectivity index (χ1n) is 11.3. The van der Waals surface area contributed by atoms with Gasteiger partial charge in [0.25, 0.3) is 5.91 Å². The minimum Gasteiger partial charge on any atom is -0.378 e. The molecule has 0 spiro atoms. The number of piperidine rings is 1. The van der Waals surface area contributed by atoms with Crippen LogP contribution < -0.4 is 11.1 Å². The first kappa shape index (κ1) is 20.9. The number of fused-ring (bicyclic) bond motifs is 1. The smallest absolute Gasteiger partial charge is 0.255 e. The van der Waals surface area contributed by atoms with Crippen molar-refractivity contribution in [1.82, 2.24) is 34.6 Å². The van der Waals surface area contributed by atoms with Crippen molar-refractivity contribution < 1.29 is 9.53 Å². The summed E-state index contributed by atoms with van der Waals surface area (Å²) in [4.78, 5) is 19.7. The molecule has 1 amide bonds. The Morgan fingerprint density at radius 2 is 2.03 bits per heavy atom. The lowest BCUT2D eigenvalue weighted by atomic mass is 10.0. The maximum absolute atomic E-state index is 12.9. The second-order valence-electron chi connectivity index (χ2n) is 8.83. The second-order valence-corrected chi connectivity index (χ2v) is 8.83. The fraction of sp³-hybridized carbons (Fsp3) is 0.545. The summed E-state index contributed by atoms with van der Waals surface area (Å²) in [6.07, 6.45) is 8.74. The number of hydrogen-bond acceptors (Lipinski definition) is 7. The minimum absolute atomic E-state index is 0.0617. The Labute approximate surface area is 186 Å². The highest BCUT2D eigenvalue weighted by Gasteiger charge is 2.30. The molecule has 2 aliphatic rings. The number of nitrogens with zero attached hydrogens (tertiary/aromatic N) is 6. The van der Waals surface area contributed by atoms with Crippen molar-refractivity contribution in [3.8, 4) is 11.1 Å². The minimum atomic E-state index is -0.182. The lowest BCUT2D eigenvalue weighted by Gasteiger charge is -2.41. The summed E-state index contributed by atoms with van der Waals surface area (Å²) in [7, 11) is 0. The summed E-state index contributed by atoms with van der Waals surface area (Å²) in [6.45, 7) is 7.86. The Morgan fingerprint density at radius 3 is 2.72 bits per heavy atom. The number of hydrogen-bond donors (Lipinski definition) is 2. The van der Waals surface area contributed by atoms with E-state index in [4.69, 9.17) is 10.5 Å². The summed E-state index contributed by atoms with van der Waals surface area (Å²) in [5.41, 5.74) is 8.52. The third-order valence-electron chi connectivity index (χ3n) is 6.63. The number of anilines is 1. The predicted molar refractivity (Wildman–Crippen MR) is 120 cm³/mol. The Kier molecular flexibility index (Phi) is 5.56. The molecule has 32 heavy (non-hydrogen) atoms. The van der Waals surface area contributed by atoms with Crippen molar-refractivity contribution in [2.45, 2.75) is 51.2 Å². The molecule has 5 rings (SSSR count). The molecular weight excluding hydrogens is 408 g/mol. The van der Waals surface area contributed by atoms with Gasteiger partial charge in [-0.1, -0.05) is 6.92 Å². The van der Waals surface area contributed by atoms with Gasteiger partial charge in [0, 0.05) is 42.7 Å². The number of nitrogens with one attached hydrogen (secondary N) is 1. The molecule has 0 saturated carbocycles. The van der Waals surface area contributed by atoms with E-state index in [1.54, 1.807) is 4.52 Å². The first-order chi connectivity index (χ1) is 15.5. The third kappa shape index (κ3) is 3.95. The van der Waals surface area contributed by atoms with E-state index >= 15 is 0 Å². The SMILES string of the molecule is CC[C@H](C)NC(=O)c1cc(-c2cnn(C3CCN(C4COC4)CC3)c2)cn2nc(N)nc12. The van der Waals surface area contributed by atoms with Gasteiger partial charge in [-0.3, -0.25) is 14.4 Å². The number of ether oxygens (including phenoxy) is 1. The van der Waals surface area contributed by atoms with Gasteiger partial charge in [0.1, 0.15) is 0 Å². The van der Waals surface area contributed by atoms with Crippen molar-refractivity contribution in [1.29, 1.82) is 0 Å². The molecule has 3 aromatic heterocycles. The summed E-state index contributed by atoms with van der Waals surface area (Å²) in [6, 6.07) is 2.87. The lowest BCUT2D eigenvalue weighted by Crippen LogP contribution is -2.51. The largest absolute Gasteiger partial charge is 0.378 e. The van der Waals surface area contributed by atoms with Gasteiger partial charge < -0.3 is 15.8 Å². The molecule has 0 bridgehead atoms. The maximum Gasteiger partial charge on any atom is 0.255 e. The Bertz CT molecular complexity index is 1110. The van der Waals surface area contributed by atoms with E-state index in [1.807, 2.05) is 32.3 Å². The second kappa shape index (κ2) is 8.51. The van der Waals surface area contributed by atoms with Crippen LogP contribution in [0.15, 0.2) is 24.7 Å². The van der Waals surface area contributed by atoms with E-state index in [0.717, 1.165) is 56.7 Å². The monoisotopic (exact) mass is 438 g/mol. The molecule has 0 radical (unpaired) electrons. The van der Waals surface area contributed by atoms with Gasteiger partial charge in [0.05, 0.1) is 37.1 Å². The molecule has 1 atom stereocenters. The van der Waals surface area contributed by atoms with Crippen molar-refractivity contribution in [2.24, 2.45) is 0 Å². The number of likely N-dealkylation sites (tertiary alicyclic amines) is 1. The van der Waals surface area contributed by atoms with Crippen LogP contribution in [0.1, 0.15) is 49.5 Å². The normalized spacial score (nSPS) is 19.2. The van der Waals surface area contributed by atoms with E-state index in [2.05, 4.69) is 36.3 Å². The molecule has 0 unspecified atom stereocenters. The van der Waals surface area contributed by atoms with E-state index < -0.39 is 0 Å². The van der Waals surface area contributed by atoms with Gasteiger partial charge in [-0.15, -0.1) is 5.10 Å². The fourth-order valence-electron chi connectivity index (χ4n) is 4.37. The zero-order chi connectivity index (χ0) is 22.2. The fourth-order valence-corrected chi connectivity index (χ4v) is 4.37. The zero-order valence-electron chi connectivity index (χ0n) is 18.6. The molecule has 170 valence electrons. The van der Waals surface area contributed by atoms with Crippen LogP contribution in [0.25, 0.3) is 16.8 Å². The van der Waals surface area contributed by atoms with E-state index in [1.165, 1.54) is 0 Å². The highest BCUT2D eigenvalue weighted by atomic mass is 16.5. The van der Waals surface area contributed by atoms with Crippen LogP contribution in [-0.2, 0) is 4.74 Å². The highest BCUT2D eigenvalue weighted by molar-refractivity contribution is 6.01. The van der Waals surface area contributed by atoms with Gasteiger partial charge in [0.15, 0.2) is 5.65 Å². The van der Waals surface area contributed by atoms with Gasteiger partial charge in [-0.05, 0) is 32.3 Å². The third-order valence-corrected chi connectivity index (χ3v) is 6.63. The van der Waals surface area contributed by atoms with Gasteiger partial charge in [-0.2, -0.15) is 10.1 Å². The molecule has 2 aliphatic heterocycles. The van der Waals surface area contributed by atoms with Gasteiger partial charge in [-0.25, -0.2) is 4.52 Å². The van der Waals surface area contributed by atoms with Crippen LogP contribution >= 0.6 is 0 Å². The zero-order valence-corrected chi connectivity index (χ0v) is 18.6. The molecule has 0 aromatic carbocycles. The van der Waals surface area contributed by atoms with Crippen LogP contribution in [0.2, 0.25) is 0 Å². The Morgan fingerprint density at radius 1 is 1.25 bits per heavy atom. The first-order valence-corrected chi connectivity index (χ1v) is 11.3. The number of nitrogens with two attached hydrogens (primary N) is 1. The Hall–Kier alpha value is -2.98. The van der Waals surface area contributed by atoms with Crippen LogP contribution in [-0.4, -0.2) is 73.6 Å². The summed E-state index contributed by atoms with van der Waals surface area (Å²) in [5, 5.41) is 11.9. The van der Waals surface area contributed by atoms with Crippen molar-refractivity contribution in [3.63, 3.8) is 0 Å². The maximum atomic E-state index is 12.9. The highest BCUT2D eigenvalue weighted by Crippen LogP contribution is 2.28. The molecule has 0 aliphatic carbocycles. The van der Waals surface area contributed by atoms with E-state index in [0.29, 0.717) is 23.3 Å². The molecule has 3 aromatic rings. The molecule has 3 N–H and O–H groups in total. The quantitative estimate of drug-likeness (QED) is 0.602. The number of pyridine rings is 1. The van der Waals surface area contributed by atoms with Crippen molar-refractivity contribution in [2.75, 3.05) is 32.0 Å². The van der Waals surface area contributed by atoms with Crippen molar-refractivity contribution >= 4 is 17.5 Å². The summed E-state index contributed by atoms with van der Waals surface area (Å²) in [5.74, 6) is -0.0441. The van der Waals surface area contributed by atoms with E-state index in [9.17, 15) is 4.79 Å². The summed E-state index contributed by atoms with van der Waals surface area (Å²) >= 11 is 0. The van der Waals surface area contributed by atoms with Gasteiger partial charge >= 0.3 is 0 Å². The Balaban J connectivity index is 1.39. The van der Waals surface area contributed by atoms with E-state index in [-0.39, 0.29) is 17.9 Å². The topological polar surface area (TPSA) is 116 Å². The number of aromatic nitrogens is 5. The number of rotatable bonds is 6. The number of carbonyl (C=O) groups excluding carboxylic acids is 1. The van der Waals surface area contributed by atoms with Crippen molar-refractivity contribution in [3.05, 3.63) is 30.2 Å². The molecule has 10 nitrogen and oxygen atoms in total. The molecular formula is C22H30N8O2. The molecule has 2 fully saturated rings. The van der Waals surface area contributed by atoms with Crippen LogP contribution in [0.3, 0.4) is 0 Å². The average molecular weight is 439 g/mol. The molecule has 2 saturated heterocycles. The average Bonchev–Trinajstić information content (AvgIpc) is 3.38. The lowest BCUT2D eigenvalue weighted by molar-refractivity contribution is -0.0734. The number of nitrogen functional groups attached to an aromatic ring is 1. The van der Waals surface area contributed by atoms with Crippen LogP contribution in [0, 0.1) is 0 Å². The number of carbonyl (C=O) groups is 1.